The summed E-state index contributed by atoms with van der Waals surface area (Å²) < 4.78 is 33.9. The van der Waals surface area contributed by atoms with Crippen molar-refractivity contribution in [1.29, 1.82) is 0 Å². The molecule has 0 bridgehead atoms. The number of hydrogen-bond donors (Lipinski definition) is 1. The summed E-state index contributed by atoms with van der Waals surface area (Å²) in [6, 6.07) is 15.3. The number of aromatic nitrogens is 3. The fourth-order valence-electron chi connectivity index (χ4n) is 3.77. The fraction of sp³-hybridized carbons (Fsp3) is 0.185. The lowest BCUT2D eigenvalue weighted by Crippen LogP contribution is -2.31. The van der Waals surface area contributed by atoms with E-state index in [2.05, 4.69) is 19.7 Å². The second-order valence-electron chi connectivity index (χ2n) is 8.65. The van der Waals surface area contributed by atoms with Gasteiger partial charge in [-0.25, -0.2) is 14.7 Å². The van der Waals surface area contributed by atoms with Gasteiger partial charge in [0.25, 0.3) is 15.9 Å². The van der Waals surface area contributed by atoms with E-state index in [4.69, 9.17) is 4.74 Å². The molecular weight excluding hydrogens is 476 g/mol. The molecule has 9 heteroatoms. The number of benzene rings is 1. The Morgan fingerprint density at radius 1 is 0.833 bits per heavy atom. The fourth-order valence-corrected chi connectivity index (χ4v) is 4.75. The third kappa shape index (κ3) is 5.41. The van der Waals surface area contributed by atoms with E-state index in [1.807, 2.05) is 52.0 Å². The van der Waals surface area contributed by atoms with E-state index >= 15 is 0 Å². The van der Waals surface area contributed by atoms with E-state index in [1.165, 1.54) is 12.1 Å². The Morgan fingerprint density at radius 3 is 2.17 bits per heavy atom. The molecule has 0 fully saturated rings. The number of nitrogens with zero attached hydrogens (tertiary/aromatic N) is 3. The van der Waals surface area contributed by atoms with Crippen LogP contribution in [-0.2, 0) is 10.0 Å². The Kier molecular flexibility index (Phi) is 6.85. The first-order chi connectivity index (χ1) is 17.0. The van der Waals surface area contributed by atoms with Crippen LogP contribution in [0.5, 0.6) is 11.6 Å². The van der Waals surface area contributed by atoms with Gasteiger partial charge in [0.1, 0.15) is 11.3 Å². The quantitative estimate of drug-likeness (QED) is 0.395. The number of nitrogens with one attached hydrogen (secondary N) is 1. The first-order valence-corrected chi connectivity index (χ1v) is 12.7. The molecule has 0 saturated carbocycles. The van der Waals surface area contributed by atoms with Crippen LogP contribution in [-0.4, -0.2) is 29.3 Å². The Morgan fingerprint density at radius 2 is 1.53 bits per heavy atom. The van der Waals surface area contributed by atoms with Gasteiger partial charge in [0.2, 0.25) is 5.88 Å². The molecule has 8 nitrogen and oxygen atoms in total. The van der Waals surface area contributed by atoms with Gasteiger partial charge in [-0.3, -0.25) is 9.78 Å². The number of sulfonamides is 1. The molecule has 0 aliphatic rings. The summed E-state index contributed by atoms with van der Waals surface area (Å²) in [5.74, 6) is -0.374. The molecule has 0 spiro atoms. The minimum absolute atomic E-state index is 0.0326. The molecule has 1 aromatic carbocycles. The topological polar surface area (TPSA) is 111 Å². The maximum absolute atomic E-state index is 13.2. The smallest absolute Gasteiger partial charge is 0.281 e. The zero-order valence-electron chi connectivity index (χ0n) is 20.7. The SMILES string of the molecule is Cc1ccc(-c2ccc(C(=O)NS(=O)(=O)c3cccc(C)n3)c(Oc3c(C)cc(C)cc3C)n2)nc1. The minimum Gasteiger partial charge on any atom is -0.438 e. The molecule has 0 saturated heterocycles. The zero-order chi connectivity index (χ0) is 26.0. The van der Waals surface area contributed by atoms with Crippen LogP contribution in [0.2, 0.25) is 0 Å². The molecule has 0 aliphatic carbocycles. The van der Waals surface area contributed by atoms with Crippen LogP contribution in [0.3, 0.4) is 0 Å². The zero-order valence-corrected chi connectivity index (χ0v) is 21.5. The van der Waals surface area contributed by atoms with Crippen molar-refractivity contribution in [3.63, 3.8) is 0 Å². The first-order valence-electron chi connectivity index (χ1n) is 11.2. The van der Waals surface area contributed by atoms with Crippen LogP contribution in [0.15, 0.2) is 65.8 Å². The van der Waals surface area contributed by atoms with Crippen LogP contribution >= 0.6 is 0 Å². The summed E-state index contributed by atoms with van der Waals surface area (Å²) in [5.41, 5.74) is 5.31. The van der Waals surface area contributed by atoms with Crippen molar-refractivity contribution in [2.75, 3.05) is 0 Å². The lowest BCUT2D eigenvalue weighted by molar-refractivity contribution is 0.0978. The van der Waals surface area contributed by atoms with Crippen LogP contribution in [0, 0.1) is 34.6 Å². The second kappa shape index (κ2) is 9.87. The number of carbonyl (C=O) groups is 1. The van der Waals surface area contributed by atoms with Gasteiger partial charge in [-0.05, 0) is 81.6 Å². The minimum atomic E-state index is -4.22. The van der Waals surface area contributed by atoms with Crippen molar-refractivity contribution in [3.8, 4) is 23.0 Å². The van der Waals surface area contributed by atoms with Crippen molar-refractivity contribution in [1.82, 2.24) is 19.7 Å². The Bertz CT molecular complexity index is 1540. The molecule has 3 heterocycles. The standard InChI is InChI=1S/C27H26N4O4S/c1-16-9-11-22(28-15-16)23-12-10-21(26(32)31-36(33,34)24-8-6-7-20(5)29-24)27(30-23)35-25-18(3)13-17(2)14-19(25)4/h6-15H,1-5H3,(H,31,32). The summed E-state index contributed by atoms with van der Waals surface area (Å²) in [6.07, 6.45) is 1.72. The predicted molar refractivity (Wildman–Crippen MR) is 137 cm³/mol. The predicted octanol–water partition coefficient (Wildman–Crippen LogP) is 4.99. The maximum Gasteiger partial charge on any atom is 0.281 e. The Balaban J connectivity index is 1.77. The number of pyridine rings is 3. The summed E-state index contributed by atoms with van der Waals surface area (Å²) >= 11 is 0. The van der Waals surface area contributed by atoms with Crippen molar-refractivity contribution >= 4 is 15.9 Å². The van der Waals surface area contributed by atoms with Crippen LogP contribution in [0.1, 0.15) is 38.3 Å². The average molecular weight is 503 g/mol. The molecule has 4 aromatic rings. The van der Waals surface area contributed by atoms with Crippen molar-refractivity contribution in [2.45, 2.75) is 39.6 Å². The lowest BCUT2D eigenvalue weighted by Gasteiger charge is -2.16. The van der Waals surface area contributed by atoms with E-state index in [0.717, 1.165) is 22.3 Å². The van der Waals surface area contributed by atoms with Gasteiger partial charge < -0.3 is 4.74 Å². The van der Waals surface area contributed by atoms with Gasteiger partial charge in [-0.15, -0.1) is 0 Å². The highest BCUT2D eigenvalue weighted by atomic mass is 32.2. The highest BCUT2D eigenvalue weighted by Crippen LogP contribution is 2.32. The molecule has 3 aromatic heterocycles. The Labute approximate surface area is 210 Å². The third-order valence-corrected chi connectivity index (χ3v) is 6.68. The van der Waals surface area contributed by atoms with Crippen LogP contribution in [0.25, 0.3) is 11.4 Å². The van der Waals surface area contributed by atoms with Gasteiger partial charge >= 0.3 is 0 Å². The van der Waals surface area contributed by atoms with E-state index in [9.17, 15) is 13.2 Å². The number of rotatable bonds is 6. The maximum atomic E-state index is 13.2. The molecule has 0 unspecified atom stereocenters. The highest BCUT2D eigenvalue weighted by molar-refractivity contribution is 7.90. The van der Waals surface area contributed by atoms with Crippen LogP contribution < -0.4 is 9.46 Å². The largest absolute Gasteiger partial charge is 0.438 e. The second-order valence-corrected chi connectivity index (χ2v) is 10.3. The molecular formula is C27H26N4O4S. The van der Waals surface area contributed by atoms with Crippen molar-refractivity contribution in [3.05, 3.63) is 94.3 Å². The number of aryl methyl sites for hydroxylation is 5. The summed E-state index contributed by atoms with van der Waals surface area (Å²) in [7, 11) is -4.22. The van der Waals surface area contributed by atoms with Gasteiger partial charge in [0.15, 0.2) is 5.03 Å². The molecule has 0 radical (unpaired) electrons. The Hall–Kier alpha value is -4.11. The number of amides is 1. The lowest BCUT2D eigenvalue weighted by atomic mass is 10.1. The summed E-state index contributed by atoms with van der Waals surface area (Å²) in [5, 5.41) is -0.253. The van der Waals surface area contributed by atoms with Crippen molar-refractivity contribution in [2.24, 2.45) is 0 Å². The molecule has 0 atom stereocenters. The molecule has 4 rings (SSSR count). The summed E-state index contributed by atoms with van der Waals surface area (Å²) in [6.45, 7) is 9.37. The molecule has 0 aliphatic heterocycles. The monoisotopic (exact) mass is 502 g/mol. The van der Waals surface area contributed by atoms with E-state index in [-0.39, 0.29) is 16.5 Å². The van der Waals surface area contributed by atoms with Gasteiger partial charge in [0.05, 0.1) is 11.4 Å². The summed E-state index contributed by atoms with van der Waals surface area (Å²) in [4.78, 5) is 26.2. The van der Waals surface area contributed by atoms with E-state index in [0.29, 0.717) is 22.8 Å². The molecule has 184 valence electrons. The van der Waals surface area contributed by atoms with E-state index in [1.54, 1.807) is 31.3 Å². The van der Waals surface area contributed by atoms with Gasteiger partial charge in [-0.2, -0.15) is 8.42 Å². The number of ether oxygens (including phenoxy) is 1. The first kappa shape index (κ1) is 25.0. The number of carbonyl (C=O) groups excluding carboxylic acids is 1. The molecule has 1 amide bonds. The normalized spacial score (nSPS) is 11.2. The molecule has 36 heavy (non-hydrogen) atoms. The molecule has 1 N–H and O–H groups in total. The van der Waals surface area contributed by atoms with Crippen molar-refractivity contribution < 1.29 is 17.9 Å². The van der Waals surface area contributed by atoms with Crippen LogP contribution in [0.4, 0.5) is 0 Å². The highest BCUT2D eigenvalue weighted by Gasteiger charge is 2.25. The van der Waals surface area contributed by atoms with Gasteiger partial charge in [0, 0.05) is 11.9 Å². The third-order valence-electron chi connectivity index (χ3n) is 5.45. The van der Waals surface area contributed by atoms with E-state index < -0.39 is 15.9 Å². The average Bonchev–Trinajstić information content (AvgIpc) is 2.81. The van der Waals surface area contributed by atoms with Gasteiger partial charge in [-0.1, -0.05) is 29.8 Å². The number of hydrogen-bond acceptors (Lipinski definition) is 7.